The molecule has 2 heteroatoms. The van der Waals surface area contributed by atoms with Crippen LogP contribution in [0.15, 0.2) is 0 Å². The Bertz CT molecular complexity index is 199. The van der Waals surface area contributed by atoms with E-state index in [0.29, 0.717) is 0 Å². The van der Waals surface area contributed by atoms with Gasteiger partial charge in [0.1, 0.15) is 0 Å². The molecule has 2 N–H and O–H groups in total. The first-order valence-electron chi connectivity index (χ1n) is 6.76. The quantitative estimate of drug-likeness (QED) is 0.775. The first-order valence-corrected chi connectivity index (χ1v) is 6.76. The lowest BCUT2D eigenvalue weighted by atomic mass is 9.77. The largest absolute Gasteiger partial charge is 0.324 e. The number of hydrogen-bond acceptors (Lipinski definition) is 2. The SMILES string of the molecule is CCC1CCCCCN1CC1(N)CCC1. The molecule has 0 spiro atoms. The minimum atomic E-state index is 0.178. The van der Waals surface area contributed by atoms with Gasteiger partial charge < -0.3 is 5.73 Å². The van der Waals surface area contributed by atoms with Gasteiger partial charge in [0, 0.05) is 18.1 Å². The first kappa shape index (κ1) is 11.4. The molecule has 15 heavy (non-hydrogen) atoms. The Labute approximate surface area is 94.2 Å². The lowest BCUT2D eigenvalue weighted by Gasteiger charge is -2.44. The van der Waals surface area contributed by atoms with Crippen molar-refractivity contribution < 1.29 is 0 Å². The van der Waals surface area contributed by atoms with Crippen LogP contribution in [0.1, 0.15) is 58.3 Å². The summed E-state index contributed by atoms with van der Waals surface area (Å²) in [5, 5.41) is 0. The maximum atomic E-state index is 6.36. The van der Waals surface area contributed by atoms with Crippen LogP contribution in [0.4, 0.5) is 0 Å². The Morgan fingerprint density at radius 3 is 2.60 bits per heavy atom. The highest BCUT2D eigenvalue weighted by Gasteiger charge is 2.35. The van der Waals surface area contributed by atoms with E-state index in [0.717, 1.165) is 12.6 Å². The van der Waals surface area contributed by atoms with Gasteiger partial charge >= 0.3 is 0 Å². The Morgan fingerprint density at radius 1 is 1.20 bits per heavy atom. The smallest absolute Gasteiger partial charge is 0.0283 e. The molecule has 0 amide bonds. The minimum absolute atomic E-state index is 0.178. The van der Waals surface area contributed by atoms with Crippen LogP contribution >= 0.6 is 0 Å². The first-order chi connectivity index (χ1) is 7.23. The molecule has 1 atom stereocenters. The molecule has 88 valence electrons. The molecule has 1 aliphatic heterocycles. The third kappa shape index (κ3) is 2.73. The number of nitrogens with zero attached hydrogens (tertiary/aromatic N) is 1. The van der Waals surface area contributed by atoms with Crippen LogP contribution < -0.4 is 5.73 Å². The average Bonchev–Trinajstić information content (AvgIpc) is 2.40. The van der Waals surface area contributed by atoms with Crippen molar-refractivity contribution in [3.8, 4) is 0 Å². The highest BCUT2D eigenvalue weighted by molar-refractivity contribution is 4.96. The number of nitrogens with two attached hydrogens (primary N) is 1. The molecule has 1 saturated carbocycles. The van der Waals surface area contributed by atoms with Gasteiger partial charge in [-0.25, -0.2) is 0 Å². The fourth-order valence-electron chi connectivity index (χ4n) is 3.10. The van der Waals surface area contributed by atoms with E-state index in [1.165, 1.54) is 57.9 Å². The van der Waals surface area contributed by atoms with Crippen molar-refractivity contribution in [2.45, 2.75) is 69.9 Å². The van der Waals surface area contributed by atoms with Gasteiger partial charge in [-0.15, -0.1) is 0 Å². The molecule has 1 saturated heterocycles. The van der Waals surface area contributed by atoms with Crippen molar-refractivity contribution >= 4 is 0 Å². The molecule has 2 rings (SSSR count). The second-order valence-corrected chi connectivity index (χ2v) is 5.60. The van der Waals surface area contributed by atoms with Crippen molar-refractivity contribution in [2.75, 3.05) is 13.1 Å². The zero-order valence-corrected chi connectivity index (χ0v) is 10.2. The number of rotatable bonds is 3. The minimum Gasteiger partial charge on any atom is -0.324 e. The van der Waals surface area contributed by atoms with Gasteiger partial charge in [0.2, 0.25) is 0 Å². The van der Waals surface area contributed by atoms with Gasteiger partial charge in [-0.3, -0.25) is 4.90 Å². The van der Waals surface area contributed by atoms with E-state index in [1.807, 2.05) is 0 Å². The molecule has 0 aromatic carbocycles. The predicted octanol–water partition coefficient (Wildman–Crippen LogP) is 2.52. The van der Waals surface area contributed by atoms with Gasteiger partial charge in [-0.05, 0) is 45.1 Å². The molecular weight excluding hydrogens is 184 g/mol. The van der Waals surface area contributed by atoms with Crippen LogP contribution in [-0.2, 0) is 0 Å². The Kier molecular flexibility index (Phi) is 3.68. The van der Waals surface area contributed by atoms with Crippen LogP contribution in [0, 0.1) is 0 Å². The van der Waals surface area contributed by atoms with Crippen molar-refractivity contribution in [2.24, 2.45) is 5.73 Å². The molecule has 1 aliphatic carbocycles. The van der Waals surface area contributed by atoms with E-state index in [1.54, 1.807) is 0 Å². The fourth-order valence-corrected chi connectivity index (χ4v) is 3.10. The lowest BCUT2D eigenvalue weighted by molar-refractivity contribution is 0.108. The van der Waals surface area contributed by atoms with Gasteiger partial charge in [0.25, 0.3) is 0 Å². The van der Waals surface area contributed by atoms with Crippen LogP contribution in [0.3, 0.4) is 0 Å². The van der Waals surface area contributed by atoms with Gasteiger partial charge in [-0.1, -0.05) is 19.8 Å². The van der Waals surface area contributed by atoms with Crippen molar-refractivity contribution in [1.82, 2.24) is 4.90 Å². The van der Waals surface area contributed by atoms with Gasteiger partial charge in [-0.2, -0.15) is 0 Å². The second-order valence-electron chi connectivity index (χ2n) is 5.60. The summed E-state index contributed by atoms with van der Waals surface area (Å²) in [5.74, 6) is 0. The molecular formula is C13H26N2. The molecule has 0 radical (unpaired) electrons. The summed E-state index contributed by atoms with van der Waals surface area (Å²) >= 11 is 0. The summed E-state index contributed by atoms with van der Waals surface area (Å²) in [7, 11) is 0. The maximum absolute atomic E-state index is 6.36. The summed E-state index contributed by atoms with van der Waals surface area (Å²) in [6.07, 6.45) is 10.8. The third-order valence-corrected chi connectivity index (χ3v) is 4.34. The second kappa shape index (κ2) is 4.84. The molecule has 2 aliphatic rings. The molecule has 0 aromatic heterocycles. The van der Waals surface area contributed by atoms with E-state index >= 15 is 0 Å². The zero-order chi connectivity index (χ0) is 10.7. The normalized spacial score (nSPS) is 32.0. The zero-order valence-electron chi connectivity index (χ0n) is 10.2. The van der Waals surface area contributed by atoms with E-state index < -0.39 is 0 Å². The molecule has 1 heterocycles. The lowest BCUT2D eigenvalue weighted by Crippen LogP contribution is -2.56. The Hall–Kier alpha value is -0.0800. The molecule has 2 fully saturated rings. The van der Waals surface area contributed by atoms with Crippen LogP contribution in [0.25, 0.3) is 0 Å². The predicted molar refractivity (Wildman–Crippen MR) is 64.9 cm³/mol. The monoisotopic (exact) mass is 210 g/mol. The molecule has 2 nitrogen and oxygen atoms in total. The van der Waals surface area contributed by atoms with E-state index in [9.17, 15) is 0 Å². The third-order valence-electron chi connectivity index (χ3n) is 4.34. The fraction of sp³-hybridized carbons (Fsp3) is 1.00. The molecule has 0 bridgehead atoms. The topological polar surface area (TPSA) is 29.3 Å². The van der Waals surface area contributed by atoms with E-state index in [-0.39, 0.29) is 5.54 Å². The number of likely N-dealkylation sites (tertiary alicyclic amines) is 1. The van der Waals surface area contributed by atoms with E-state index in [4.69, 9.17) is 5.73 Å². The van der Waals surface area contributed by atoms with Crippen molar-refractivity contribution in [3.05, 3.63) is 0 Å². The summed E-state index contributed by atoms with van der Waals surface area (Å²) < 4.78 is 0. The summed E-state index contributed by atoms with van der Waals surface area (Å²) in [6.45, 7) is 4.77. The standard InChI is InChI=1S/C13H26N2/c1-2-12-7-4-3-5-10-15(12)11-13(14)8-6-9-13/h12H,2-11,14H2,1H3. The highest BCUT2D eigenvalue weighted by atomic mass is 15.2. The average molecular weight is 210 g/mol. The van der Waals surface area contributed by atoms with Crippen molar-refractivity contribution in [3.63, 3.8) is 0 Å². The van der Waals surface area contributed by atoms with Crippen LogP contribution in [-0.4, -0.2) is 29.6 Å². The van der Waals surface area contributed by atoms with Gasteiger partial charge in [0.15, 0.2) is 0 Å². The van der Waals surface area contributed by atoms with Crippen LogP contribution in [0.5, 0.6) is 0 Å². The number of hydrogen-bond donors (Lipinski definition) is 1. The summed E-state index contributed by atoms with van der Waals surface area (Å²) in [6, 6.07) is 0.813. The summed E-state index contributed by atoms with van der Waals surface area (Å²) in [4.78, 5) is 2.69. The summed E-state index contributed by atoms with van der Waals surface area (Å²) in [5.41, 5.74) is 6.54. The molecule has 0 aromatic rings. The Morgan fingerprint density at radius 2 is 2.00 bits per heavy atom. The molecule has 1 unspecified atom stereocenters. The highest BCUT2D eigenvalue weighted by Crippen LogP contribution is 2.32. The van der Waals surface area contributed by atoms with Gasteiger partial charge in [0.05, 0.1) is 0 Å². The van der Waals surface area contributed by atoms with Crippen LogP contribution in [0.2, 0.25) is 0 Å². The Balaban J connectivity index is 1.91. The van der Waals surface area contributed by atoms with E-state index in [2.05, 4.69) is 11.8 Å². The maximum Gasteiger partial charge on any atom is 0.0283 e. The van der Waals surface area contributed by atoms with Crippen molar-refractivity contribution in [1.29, 1.82) is 0 Å².